The van der Waals surface area contributed by atoms with E-state index >= 15 is 0 Å². The number of hydrogen-bond donors (Lipinski definition) is 2. The molecule has 2 N–H and O–H groups in total. The molecule has 0 saturated carbocycles. The van der Waals surface area contributed by atoms with E-state index in [1.807, 2.05) is 13.8 Å². The number of hydrogen-bond acceptors (Lipinski definition) is 3. The number of aromatic amines is 1. The molecule has 6 heteroatoms. The van der Waals surface area contributed by atoms with Crippen molar-refractivity contribution in [2.75, 3.05) is 13.1 Å². The summed E-state index contributed by atoms with van der Waals surface area (Å²) in [5.74, 6) is -0.567. The molecule has 2 amide bonds. The van der Waals surface area contributed by atoms with Crippen LogP contribution in [0.3, 0.4) is 0 Å². The summed E-state index contributed by atoms with van der Waals surface area (Å²) in [5.41, 5.74) is -0.113. The summed E-state index contributed by atoms with van der Waals surface area (Å²) in [6.45, 7) is 6.59. The first kappa shape index (κ1) is 14.9. The molecule has 19 heavy (non-hydrogen) atoms. The van der Waals surface area contributed by atoms with E-state index in [2.05, 4.69) is 10.3 Å². The molecule has 0 aliphatic rings. The molecule has 6 nitrogen and oxygen atoms in total. The summed E-state index contributed by atoms with van der Waals surface area (Å²) in [6, 6.07) is 2.07. The Hall–Kier alpha value is -2.11. The minimum Gasteiger partial charge on any atom is -0.341 e. The zero-order valence-electron chi connectivity index (χ0n) is 11.4. The first-order valence-corrected chi connectivity index (χ1v) is 6.28. The number of carbonyl (C=O) groups excluding carboxylic acids is 2. The molecule has 1 atom stereocenters. The van der Waals surface area contributed by atoms with Gasteiger partial charge in [-0.05, 0) is 26.8 Å². The largest absolute Gasteiger partial charge is 0.341 e. The predicted molar refractivity (Wildman–Crippen MR) is 71.9 cm³/mol. The Labute approximate surface area is 111 Å². The van der Waals surface area contributed by atoms with Crippen LogP contribution in [0.5, 0.6) is 0 Å². The smallest absolute Gasteiger partial charge is 0.252 e. The summed E-state index contributed by atoms with van der Waals surface area (Å²) >= 11 is 0. The summed E-state index contributed by atoms with van der Waals surface area (Å²) in [7, 11) is 0. The SMILES string of the molecule is CCN(CC)C(=O)C(C)NC(=O)c1cc[nH]c(=O)c1. The van der Waals surface area contributed by atoms with Crippen molar-refractivity contribution in [1.82, 2.24) is 15.2 Å². The van der Waals surface area contributed by atoms with Gasteiger partial charge in [0, 0.05) is 30.9 Å². The first-order valence-electron chi connectivity index (χ1n) is 6.28. The highest BCUT2D eigenvalue weighted by molar-refractivity contribution is 5.97. The second-order valence-electron chi connectivity index (χ2n) is 4.15. The molecule has 0 aliphatic heterocycles. The van der Waals surface area contributed by atoms with Crippen LogP contribution in [0, 0.1) is 0 Å². The van der Waals surface area contributed by atoms with Crippen LogP contribution in [0.2, 0.25) is 0 Å². The summed E-state index contributed by atoms with van der Waals surface area (Å²) in [4.78, 5) is 39.0. The molecule has 0 saturated heterocycles. The van der Waals surface area contributed by atoms with Crippen LogP contribution in [-0.2, 0) is 4.79 Å². The third-order valence-corrected chi connectivity index (χ3v) is 2.83. The van der Waals surface area contributed by atoms with Gasteiger partial charge in [0.05, 0.1) is 0 Å². The number of carbonyl (C=O) groups is 2. The fourth-order valence-electron chi connectivity index (χ4n) is 1.74. The van der Waals surface area contributed by atoms with Gasteiger partial charge >= 0.3 is 0 Å². The number of aromatic nitrogens is 1. The van der Waals surface area contributed by atoms with Gasteiger partial charge in [-0.2, -0.15) is 0 Å². The molecule has 1 aromatic rings. The van der Waals surface area contributed by atoms with Crippen molar-refractivity contribution in [3.05, 3.63) is 34.2 Å². The quantitative estimate of drug-likeness (QED) is 0.806. The number of H-pyrrole nitrogens is 1. The number of nitrogens with zero attached hydrogens (tertiary/aromatic N) is 1. The third kappa shape index (κ3) is 3.94. The van der Waals surface area contributed by atoms with E-state index in [0.29, 0.717) is 13.1 Å². The van der Waals surface area contributed by atoms with Gasteiger partial charge in [-0.25, -0.2) is 0 Å². The Balaban J connectivity index is 2.71. The summed E-state index contributed by atoms with van der Waals surface area (Å²) < 4.78 is 0. The zero-order valence-corrected chi connectivity index (χ0v) is 11.4. The van der Waals surface area contributed by atoms with Crippen molar-refractivity contribution in [3.63, 3.8) is 0 Å². The van der Waals surface area contributed by atoms with Gasteiger partial charge in [-0.15, -0.1) is 0 Å². The second kappa shape index (κ2) is 6.72. The van der Waals surface area contributed by atoms with Crippen LogP contribution in [0.4, 0.5) is 0 Å². The van der Waals surface area contributed by atoms with Crippen LogP contribution in [-0.4, -0.2) is 40.8 Å². The molecule has 1 heterocycles. The number of pyridine rings is 1. The second-order valence-corrected chi connectivity index (χ2v) is 4.15. The normalized spacial score (nSPS) is 11.7. The minimum atomic E-state index is -0.619. The van der Waals surface area contributed by atoms with Gasteiger partial charge in [-0.1, -0.05) is 0 Å². The van der Waals surface area contributed by atoms with Crippen LogP contribution < -0.4 is 10.9 Å². The molecule has 1 rings (SSSR count). The molecule has 0 spiro atoms. The van der Waals surface area contributed by atoms with E-state index in [-0.39, 0.29) is 17.0 Å². The fourth-order valence-corrected chi connectivity index (χ4v) is 1.74. The average Bonchev–Trinajstić information content (AvgIpc) is 2.39. The van der Waals surface area contributed by atoms with Gasteiger partial charge in [0.25, 0.3) is 5.91 Å². The lowest BCUT2D eigenvalue weighted by Crippen LogP contribution is -2.46. The van der Waals surface area contributed by atoms with E-state index in [1.165, 1.54) is 18.3 Å². The molecule has 0 aromatic carbocycles. The lowest BCUT2D eigenvalue weighted by molar-refractivity contribution is -0.132. The Morgan fingerprint density at radius 3 is 2.53 bits per heavy atom. The summed E-state index contributed by atoms with van der Waals surface area (Å²) in [5, 5.41) is 2.59. The molecular weight excluding hydrogens is 246 g/mol. The number of rotatable bonds is 5. The van der Waals surface area contributed by atoms with Gasteiger partial charge < -0.3 is 15.2 Å². The van der Waals surface area contributed by atoms with Gasteiger partial charge in [0.15, 0.2) is 0 Å². The minimum absolute atomic E-state index is 0.136. The van der Waals surface area contributed by atoms with Gasteiger partial charge in [-0.3, -0.25) is 14.4 Å². The maximum Gasteiger partial charge on any atom is 0.252 e. The topological polar surface area (TPSA) is 82.3 Å². The average molecular weight is 265 g/mol. The maximum atomic E-state index is 12.0. The lowest BCUT2D eigenvalue weighted by Gasteiger charge is -2.23. The van der Waals surface area contributed by atoms with Gasteiger partial charge in [0.1, 0.15) is 6.04 Å². The zero-order chi connectivity index (χ0) is 14.4. The van der Waals surface area contributed by atoms with Crippen molar-refractivity contribution in [2.45, 2.75) is 26.8 Å². The van der Waals surface area contributed by atoms with E-state index in [0.717, 1.165) is 0 Å². The van der Waals surface area contributed by atoms with Crippen LogP contribution in [0.1, 0.15) is 31.1 Å². The van der Waals surface area contributed by atoms with E-state index in [1.54, 1.807) is 11.8 Å². The fraction of sp³-hybridized carbons (Fsp3) is 0.462. The number of likely N-dealkylation sites (N-methyl/N-ethyl adjacent to an activating group) is 1. The molecule has 0 fully saturated rings. The first-order chi connectivity index (χ1) is 8.99. The Bertz CT molecular complexity index is 506. The molecule has 1 aromatic heterocycles. The van der Waals surface area contributed by atoms with Crippen molar-refractivity contribution in [2.24, 2.45) is 0 Å². The van der Waals surface area contributed by atoms with Gasteiger partial charge in [0.2, 0.25) is 11.5 Å². The lowest BCUT2D eigenvalue weighted by atomic mass is 10.2. The highest BCUT2D eigenvalue weighted by Gasteiger charge is 2.20. The van der Waals surface area contributed by atoms with Crippen molar-refractivity contribution in [1.29, 1.82) is 0 Å². The monoisotopic (exact) mass is 265 g/mol. The Morgan fingerprint density at radius 2 is 2.00 bits per heavy atom. The van der Waals surface area contributed by atoms with Crippen LogP contribution >= 0.6 is 0 Å². The molecule has 0 bridgehead atoms. The van der Waals surface area contributed by atoms with Crippen LogP contribution in [0.25, 0.3) is 0 Å². The number of nitrogens with one attached hydrogen (secondary N) is 2. The molecule has 0 radical (unpaired) electrons. The highest BCUT2D eigenvalue weighted by atomic mass is 16.2. The third-order valence-electron chi connectivity index (χ3n) is 2.83. The number of amides is 2. The standard InChI is InChI=1S/C13H19N3O3/c1-4-16(5-2)13(19)9(3)15-12(18)10-6-7-14-11(17)8-10/h6-9H,4-5H2,1-3H3,(H,14,17)(H,15,18). The van der Waals surface area contributed by atoms with Crippen LogP contribution in [0.15, 0.2) is 23.1 Å². The van der Waals surface area contributed by atoms with E-state index < -0.39 is 11.9 Å². The predicted octanol–water partition coefficient (Wildman–Crippen LogP) is 0.362. The van der Waals surface area contributed by atoms with E-state index in [9.17, 15) is 14.4 Å². The van der Waals surface area contributed by atoms with Crippen molar-refractivity contribution >= 4 is 11.8 Å². The molecule has 0 aliphatic carbocycles. The highest BCUT2D eigenvalue weighted by Crippen LogP contribution is 1.98. The maximum absolute atomic E-state index is 12.0. The Morgan fingerprint density at radius 1 is 1.37 bits per heavy atom. The molecular formula is C13H19N3O3. The van der Waals surface area contributed by atoms with Crippen molar-refractivity contribution < 1.29 is 9.59 Å². The molecule has 104 valence electrons. The Kier molecular flexibility index (Phi) is 5.29. The van der Waals surface area contributed by atoms with Crippen molar-refractivity contribution in [3.8, 4) is 0 Å². The van der Waals surface area contributed by atoms with E-state index in [4.69, 9.17) is 0 Å². The summed E-state index contributed by atoms with van der Waals surface area (Å²) in [6.07, 6.45) is 1.40. The molecule has 1 unspecified atom stereocenters.